The summed E-state index contributed by atoms with van der Waals surface area (Å²) in [5, 5.41) is 9.72. The zero-order valence-corrected chi connectivity index (χ0v) is 32.3. The minimum atomic E-state index is -4.94. The molecule has 1 aromatic heterocycles. The number of likely N-dealkylation sites (N-methyl/N-ethyl adjacent to an activating group) is 1. The first kappa shape index (κ1) is 39.6. The molecule has 0 bridgehead atoms. The fourth-order valence-corrected chi connectivity index (χ4v) is 9.17. The number of nitrogens with one attached hydrogen (secondary N) is 2. The van der Waals surface area contributed by atoms with Crippen LogP contribution in [0.25, 0.3) is 0 Å². The van der Waals surface area contributed by atoms with Gasteiger partial charge in [0.25, 0.3) is 11.5 Å². The number of carbonyl (C=O) groups excluding carboxylic acids is 3. The van der Waals surface area contributed by atoms with Crippen molar-refractivity contribution in [3.05, 3.63) is 80.7 Å². The highest BCUT2D eigenvalue weighted by molar-refractivity contribution is 6.32. The standard InChI is InChI=1S/C40H47ClF3N7O5/c1-48-23-25(21-45-32-22-46-49(2)38(55)35(32)41)19-28(24-48)26-3-5-27(6-4-26)37(54)51-17-13-39(14-18-51)11-15-50(16-12-39)29-7-8-30(33(20-29)56-40(42,43)44)31-9-10-34(52)47-36(31)53/h3-8,20,22,25,28,31,45H,9-19,21,23-24H2,1-2H3,(H,47,52,53)/t25?,28-,31?/m0/s1. The summed E-state index contributed by atoms with van der Waals surface area (Å²) in [7, 11) is 3.66. The Morgan fingerprint density at radius 1 is 1.00 bits per heavy atom. The smallest absolute Gasteiger partial charge is 0.405 e. The minimum absolute atomic E-state index is 0.0134. The van der Waals surface area contributed by atoms with Crippen LogP contribution in [0.2, 0.25) is 5.02 Å². The molecule has 300 valence electrons. The Hall–Kier alpha value is -4.63. The number of likely N-dealkylation sites (tertiary alicyclic amines) is 2. The van der Waals surface area contributed by atoms with Gasteiger partial charge in [0.2, 0.25) is 11.8 Å². The fraction of sp³-hybridized carbons (Fsp3) is 0.525. The van der Waals surface area contributed by atoms with Gasteiger partial charge in [-0.1, -0.05) is 29.8 Å². The topological polar surface area (TPSA) is 129 Å². The molecular formula is C40H47ClF3N7O5. The average Bonchev–Trinajstić information content (AvgIpc) is 3.16. The number of rotatable bonds is 8. The molecule has 0 radical (unpaired) electrons. The molecule has 2 N–H and O–H groups in total. The lowest BCUT2D eigenvalue weighted by molar-refractivity contribution is -0.275. The molecule has 2 unspecified atom stereocenters. The summed E-state index contributed by atoms with van der Waals surface area (Å²) >= 11 is 6.25. The third-order valence-electron chi connectivity index (χ3n) is 12.1. The van der Waals surface area contributed by atoms with E-state index in [1.165, 1.54) is 22.4 Å². The number of halogens is 4. The Balaban J connectivity index is 0.920. The lowest BCUT2D eigenvalue weighted by Gasteiger charge is -2.47. The van der Waals surface area contributed by atoms with E-state index >= 15 is 0 Å². The van der Waals surface area contributed by atoms with Crippen molar-refractivity contribution in [2.75, 3.05) is 63.1 Å². The highest BCUT2D eigenvalue weighted by Crippen LogP contribution is 2.44. The molecule has 0 aliphatic carbocycles. The molecule has 3 aromatic rings. The summed E-state index contributed by atoms with van der Waals surface area (Å²) in [5.74, 6) is -1.78. The van der Waals surface area contributed by atoms with Crippen molar-refractivity contribution < 1.29 is 32.3 Å². The molecule has 16 heteroatoms. The molecular weight excluding hydrogens is 751 g/mol. The van der Waals surface area contributed by atoms with E-state index in [4.69, 9.17) is 11.6 Å². The van der Waals surface area contributed by atoms with Crippen LogP contribution in [-0.2, 0) is 16.6 Å². The lowest BCUT2D eigenvalue weighted by Crippen LogP contribution is -2.48. The van der Waals surface area contributed by atoms with Crippen LogP contribution in [-0.4, -0.2) is 96.5 Å². The Labute approximate surface area is 328 Å². The van der Waals surface area contributed by atoms with Gasteiger partial charge in [-0.2, -0.15) is 5.10 Å². The van der Waals surface area contributed by atoms with E-state index in [2.05, 4.69) is 44.5 Å². The minimum Gasteiger partial charge on any atom is -0.405 e. The normalized spacial score (nSPS) is 23.2. The fourth-order valence-electron chi connectivity index (χ4n) is 8.94. The van der Waals surface area contributed by atoms with Gasteiger partial charge in [-0.15, -0.1) is 13.2 Å². The van der Waals surface area contributed by atoms with E-state index in [9.17, 15) is 32.3 Å². The maximum Gasteiger partial charge on any atom is 0.573 e. The number of aromatic nitrogens is 2. The van der Waals surface area contributed by atoms with Crippen molar-refractivity contribution >= 4 is 40.7 Å². The zero-order chi connectivity index (χ0) is 39.8. The molecule has 3 atom stereocenters. The van der Waals surface area contributed by atoms with E-state index in [1.54, 1.807) is 19.3 Å². The van der Waals surface area contributed by atoms with E-state index in [0.29, 0.717) is 55.6 Å². The van der Waals surface area contributed by atoms with Gasteiger partial charge >= 0.3 is 6.36 Å². The molecule has 3 amide bonds. The van der Waals surface area contributed by atoms with Crippen molar-refractivity contribution in [2.45, 2.75) is 63.1 Å². The molecule has 0 saturated carbocycles. The largest absolute Gasteiger partial charge is 0.573 e. The molecule has 4 aliphatic heterocycles. The second-order valence-corrected chi connectivity index (χ2v) is 16.3. The number of carbonyl (C=O) groups is 3. The maximum absolute atomic E-state index is 13.6. The van der Waals surface area contributed by atoms with Crippen LogP contribution >= 0.6 is 11.6 Å². The quantitative estimate of drug-likeness (QED) is 0.283. The molecule has 4 fully saturated rings. The van der Waals surface area contributed by atoms with Crippen LogP contribution in [0.3, 0.4) is 0 Å². The number of benzene rings is 2. The molecule has 7 rings (SSSR count). The average molecular weight is 798 g/mol. The van der Waals surface area contributed by atoms with Crippen LogP contribution in [0.5, 0.6) is 5.75 Å². The van der Waals surface area contributed by atoms with Crippen molar-refractivity contribution in [3.8, 4) is 5.75 Å². The first-order chi connectivity index (χ1) is 26.7. The number of aryl methyl sites for hydroxylation is 1. The van der Waals surface area contributed by atoms with Crippen molar-refractivity contribution in [1.29, 1.82) is 0 Å². The number of hydrogen-bond acceptors (Lipinski definition) is 9. The Morgan fingerprint density at radius 2 is 1.70 bits per heavy atom. The summed E-state index contributed by atoms with van der Waals surface area (Å²) < 4.78 is 45.9. The maximum atomic E-state index is 13.6. The number of anilines is 2. The second kappa shape index (κ2) is 16.1. The third kappa shape index (κ3) is 8.83. The summed E-state index contributed by atoms with van der Waals surface area (Å²) in [6, 6.07) is 12.6. The number of amides is 3. The predicted octanol–water partition coefficient (Wildman–Crippen LogP) is 5.52. The first-order valence-electron chi connectivity index (χ1n) is 19.2. The molecule has 4 saturated heterocycles. The third-order valence-corrected chi connectivity index (χ3v) is 12.5. The molecule has 1 spiro atoms. The molecule has 2 aromatic carbocycles. The monoisotopic (exact) mass is 797 g/mol. The van der Waals surface area contributed by atoms with E-state index in [0.717, 1.165) is 45.2 Å². The van der Waals surface area contributed by atoms with Gasteiger partial charge in [-0.3, -0.25) is 24.5 Å². The van der Waals surface area contributed by atoms with Crippen molar-refractivity contribution in [2.24, 2.45) is 18.4 Å². The van der Waals surface area contributed by atoms with Crippen molar-refractivity contribution in [3.63, 3.8) is 0 Å². The van der Waals surface area contributed by atoms with Crippen molar-refractivity contribution in [1.82, 2.24) is 24.9 Å². The Kier molecular flexibility index (Phi) is 11.4. The van der Waals surface area contributed by atoms with Gasteiger partial charge in [0.05, 0.1) is 17.8 Å². The highest BCUT2D eigenvalue weighted by atomic mass is 35.5. The number of ether oxygens (including phenoxy) is 1. The summed E-state index contributed by atoms with van der Waals surface area (Å²) in [6.07, 6.45) is 1.12. The van der Waals surface area contributed by atoms with Gasteiger partial charge < -0.3 is 24.8 Å². The number of alkyl halides is 3. The number of imide groups is 1. The number of hydrogen-bond donors (Lipinski definition) is 2. The highest BCUT2D eigenvalue weighted by Gasteiger charge is 2.40. The lowest BCUT2D eigenvalue weighted by atomic mass is 9.71. The van der Waals surface area contributed by atoms with Crippen LogP contribution in [0.4, 0.5) is 24.5 Å². The van der Waals surface area contributed by atoms with Gasteiger partial charge in [0.15, 0.2) is 0 Å². The Bertz CT molecular complexity index is 2010. The molecule has 56 heavy (non-hydrogen) atoms. The summed E-state index contributed by atoms with van der Waals surface area (Å²) in [5.41, 5.74) is 2.77. The van der Waals surface area contributed by atoms with E-state index in [-0.39, 0.29) is 46.2 Å². The van der Waals surface area contributed by atoms with Crippen LogP contribution in [0, 0.1) is 11.3 Å². The zero-order valence-electron chi connectivity index (χ0n) is 31.5. The Morgan fingerprint density at radius 3 is 2.38 bits per heavy atom. The van der Waals surface area contributed by atoms with Gasteiger partial charge in [0, 0.05) is 82.2 Å². The van der Waals surface area contributed by atoms with Gasteiger partial charge in [0.1, 0.15) is 10.8 Å². The number of nitrogens with zero attached hydrogens (tertiary/aromatic N) is 5. The van der Waals surface area contributed by atoms with E-state index < -0.39 is 29.8 Å². The predicted molar refractivity (Wildman–Crippen MR) is 205 cm³/mol. The summed E-state index contributed by atoms with van der Waals surface area (Å²) in [4.78, 5) is 56.2. The SMILES string of the molecule is CN1CC(CNc2cnn(C)c(=O)c2Cl)C[C@H](c2ccc(C(=O)N3CCC4(CC3)CCN(c3ccc(C5CCC(=O)NC5=O)c(OC(F)(F)F)c3)CC4)cc2)C1. The van der Waals surface area contributed by atoms with Gasteiger partial charge in [-0.05, 0) is 86.6 Å². The first-order valence-corrected chi connectivity index (χ1v) is 19.6. The van der Waals surface area contributed by atoms with E-state index in [1.807, 2.05) is 21.9 Å². The van der Waals surface area contributed by atoms with Crippen LogP contribution in [0.15, 0.2) is 53.5 Å². The second-order valence-electron chi connectivity index (χ2n) is 15.9. The summed E-state index contributed by atoms with van der Waals surface area (Å²) in [6.45, 7) is 5.02. The number of piperidine rings is 4. The molecule has 5 heterocycles. The van der Waals surface area contributed by atoms with Crippen LogP contribution < -0.4 is 25.8 Å². The van der Waals surface area contributed by atoms with Gasteiger partial charge in [-0.25, -0.2) is 4.68 Å². The molecule has 12 nitrogen and oxygen atoms in total. The van der Waals surface area contributed by atoms with Crippen LogP contribution in [0.1, 0.15) is 78.3 Å². The molecule has 4 aliphatic rings.